The maximum absolute atomic E-state index is 10.8. The number of carbonyl (C=O) groups excluding carboxylic acids is 1. The lowest BCUT2D eigenvalue weighted by atomic mass is 10.1. The van der Waals surface area contributed by atoms with Crippen molar-refractivity contribution >= 4 is 6.29 Å². The average molecular weight is 230 g/mol. The van der Waals surface area contributed by atoms with Crippen LogP contribution in [0.4, 0.5) is 0 Å². The summed E-state index contributed by atoms with van der Waals surface area (Å²) in [5.41, 5.74) is 1.64. The predicted octanol–water partition coefficient (Wildman–Crippen LogP) is 2.53. The molecule has 4 heteroatoms. The van der Waals surface area contributed by atoms with Gasteiger partial charge in [0.25, 0.3) is 0 Å². The summed E-state index contributed by atoms with van der Waals surface area (Å²) in [5.74, 6) is 1.75. The molecule has 1 aromatic heterocycles. The van der Waals surface area contributed by atoms with Crippen molar-refractivity contribution in [2.24, 2.45) is 0 Å². The van der Waals surface area contributed by atoms with Gasteiger partial charge in [-0.2, -0.15) is 0 Å². The van der Waals surface area contributed by atoms with Gasteiger partial charge in [0.15, 0.2) is 23.5 Å². The molecule has 0 N–H and O–H groups in total. The molecule has 17 heavy (non-hydrogen) atoms. The number of rotatable bonds is 2. The van der Waals surface area contributed by atoms with Crippen molar-refractivity contribution in [2.45, 2.75) is 0 Å². The van der Waals surface area contributed by atoms with Crippen LogP contribution in [0, 0.1) is 0 Å². The molecule has 1 aromatic carbocycles. The highest BCUT2D eigenvalue weighted by molar-refractivity contribution is 5.84. The second-order valence-electron chi connectivity index (χ2n) is 3.67. The third-order valence-electron chi connectivity index (χ3n) is 2.66. The fourth-order valence-corrected chi connectivity index (χ4v) is 1.86. The third-order valence-corrected chi connectivity index (χ3v) is 2.66. The van der Waals surface area contributed by atoms with Gasteiger partial charge in [0, 0.05) is 5.56 Å². The molecular weight excluding hydrogens is 220 g/mol. The quantitative estimate of drug-likeness (QED) is 0.744. The largest absolute Gasteiger partial charge is 0.486 e. The van der Waals surface area contributed by atoms with Crippen LogP contribution >= 0.6 is 0 Å². The summed E-state index contributed by atoms with van der Waals surface area (Å²) in [6, 6.07) is 7.33. The first-order valence-corrected chi connectivity index (χ1v) is 5.31. The van der Waals surface area contributed by atoms with Gasteiger partial charge in [0.05, 0.1) is 6.26 Å². The smallest absolute Gasteiger partial charge is 0.185 e. The van der Waals surface area contributed by atoms with Crippen molar-refractivity contribution in [3.05, 3.63) is 36.3 Å². The zero-order valence-electron chi connectivity index (χ0n) is 9.01. The number of hydrogen-bond acceptors (Lipinski definition) is 4. The highest BCUT2D eigenvalue weighted by atomic mass is 16.6. The molecule has 0 fully saturated rings. The molecule has 0 unspecified atom stereocenters. The summed E-state index contributed by atoms with van der Waals surface area (Å²) in [4.78, 5) is 10.8. The molecule has 1 aliphatic heterocycles. The number of benzene rings is 1. The second-order valence-corrected chi connectivity index (χ2v) is 3.67. The highest BCUT2D eigenvalue weighted by Crippen LogP contribution is 2.35. The van der Waals surface area contributed by atoms with E-state index >= 15 is 0 Å². The van der Waals surface area contributed by atoms with E-state index in [-0.39, 0.29) is 0 Å². The molecule has 0 radical (unpaired) electrons. The van der Waals surface area contributed by atoms with Gasteiger partial charge in [-0.15, -0.1) is 0 Å². The van der Waals surface area contributed by atoms with E-state index in [2.05, 4.69) is 0 Å². The standard InChI is InChI=1S/C13H10O4/c14-8-13-10(3-4-15-13)9-1-2-11-12(7-9)17-6-5-16-11/h1-4,7-8H,5-6H2. The molecule has 4 nitrogen and oxygen atoms in total. The summed E-state index contributed by atoms with van der Waals surface area (Å²) < 4.78 is 16.0. The third kappa shape index (κ3) is 1.67. The van der Waals surface area contributed by atoms with Crippen molar-refractivity contribution in [2.75, 3.05) is 13.2 Å². The minimum absolute atomic E-state index is 0.321. The topological polar surface area (TPSA) is 48.7 Å². The highest BCUT2D eigenvalue weighted by Gasteiger charge is 2.14. The lowest BCUT2D eigenvalue weighted by molar-refractivity contribution is 0.110. The van der Waals surface area contributed by atoms with Gasteiger partial charge in [-0.3, -0.25) is 4.79 Å². The number of aldehydes is 1. The fraction of sp³-hybridized carbons (Fsp3) is 0.154. The summed E-state index contributed by atoms with van der Waals surface area (Å²) in [6.45, 7) is 1.11. The molecule has 2 aromatic rings. The van der Waals surface area contributed by atoms with E-state index in [1.807, 2.05) is 18.2 Å². The number of ether oxygens (including phenoxy) is 2. The molecule has 1 aliphatic rings. The first-order valence-electron chi connectivity index (χ1n) is 5.31. The van der Waals surface area contributed by atoms with Gasteiger partial charge in [0.2, 0.25) is 0 Å². The van der Waals surface area contributed by atoms with E-state index in [1.54, 1.807) is 6.07 Å². The van der Waals surface area contributed by atoms with E-state index < -0.39 is 0 Å². The predicted molar refractivity (Wildman–Crippen MR) is 60.5 cm³/mol. The second kappa shape index (κ2) is 3.97. The molecule has 0 amide bonds. The van der Waals surface area contributed by atoms with Crippen LogP contribution in [0.15, 0.2) is 34.9 Å². The molecule has 0 saturated heterocycles. The Labute approximate surface area is 97.8 Å². The van der Waals surface area contributed by atoms with Gasteiger partial charge in [0.1, 0.15) is 13.2 Å². The maximum Gasteiger partial charge on any atom is 0.185 e. The van der Waals surface area contributed by atoms with Crippen LogP contribution in [0.3, 0.4) is 0 Å². The summed E-state index contributed by atoms with van der Waals surface area (Å²) >= 11 is 0. The van der Waals surface area contributed by atoms with Crippen LogP contribution < -0.4 is 9.47 Å². The van der Waals surface area contributed by atoms with E-state index in [1.165, 1.54) is 6.26 Å². The van der Waals surface area contributed by atoms with E-state index in [4.69, 9.17) is 13.9 Å². The number of hydrogen-bond donors (Lipinski definition) is 0. The van der Waals surface area contributed by atoms with Crippen LogP contribution in [-0.2, 0) is 0 Å². The number of fused-ring (bicyclic) bond motifs is 1. The minimum Gasteiger partial charge on any atom is -0.486 e. The van der Waals surface area contributed by atoms with Crippen LogP contribution in [0.2, 0.25) is 0 Å². The average Bonchev–Trinajstić information content (AvgIpc) is 2.86. The Morgan fingerprint density at radius 2 is 1.88 bits per heavy atom. The fourth-order valence-electron chi connectivity index (χ4n) is 1.86. The molecule has 2 heterocycles. The first kappa shape index (κ1) is 9.96. The first-order chi connectivity index (χ1) is 8.38. The molecule has 0 aliphatic carbocycles. The molecule has 0 spiro atoms. The van der Waals surface area contributed by atoms with Crippen LogP contribution in [-0.4, -0.2) is 19.5 Å². The Bertz CT molecular complexity index is 556. The van der Waals surface area contributed by atoms with Gasteiger partial charge >= 0.3 is 0 Å². The molecule has 0 saturated carbocycles. The van der Waals surface area contributed by atoms with Gasteiger partial charge in [-0.05, 0) is 23.8 Å². The minimum atomic E-state index is 0.321. The molecule has 0 atom stereocenters. The lowest BCUT2D eigenvalue weighted by Crippen LogP contribution is -2.15. The Morgan fingerprint density at radius 3 is 2.71 bits per heavy atom. The van der Waals surface area contributed by atoms with Crippen molar-refractivity contribution in [3.8, 4) is 22.6 Å². The summed E-state index contributed by atoms with van der Waals surface area (Å²) in [6.07, 6.45) is 2.20. The number of furan rings is 1. The zero-order valence-corrected chi connectivity index (χ0v) is 9.01. The van der Waals surface area contributed by atoms with Crippen LogP contribution in [0.5, 0.6) is 11.5 Å². The Kier molecular flexibility index (Phi) is 2.33. The molecule has 3 rings (SSSR count). The maximum atomic E-state index is 10.8. The van der Waals surface area contributed by atoms with Crippen molar-refractivity contribution < 1.29 is 18.7 Å². The Morgan fingerprint density at radius 1 is 1.06 bits per heavy atom. The van der Waals surface area contributed by atoms with Crippen LogP contribution in [0.25, 0.3) is 11.1 Å². The van der Waals surface area contributed by atoms with E-state index in [0.29, 0.717) is 31.0 Å². The SMILES string of the molecule is O=Cc1occc1-c1ccc2c(c1)OCCO2. The monoisotopic (exact) mass is 230 g/mol. The van der Waals surface area contributed by atoms with E-state index in [9.17, 15) is 4.79 Å². The zero-order chi connectivity index (χ0) is 11.7. The van der Waals surface area contributed by atoms with Crippen molar-refractivity contribution in [3.63, 3.8) is 0 Å². The van der Waals surface area contributed by atoms with Crippen molar-refractivity contribution in [1.29, 1.82) is 0 Å². The Balaban J connectivity index is 2.07. The molecule has 0 bridgehead atoms. The van der Waals surface area contributed by atoms with Gasteiger partial charge in [-0.1, -0.05) is 6.07 Å². The molecular formula is C13H10O4. The summed E-state index contributed by atoms with van der Waals surface area (Å²) in [5, 5.41) is 0. The van der Waals surface area contributed by atoms with Crippen molar-refractivity contribution in [1.82, 2.24) is 0 Å². The van der Waals surface area contributed by atoms with Crippen LogP contribution in [0.1, 0.15) is 10.6 Å². The lowest BCUT2D eigenvalue weighted by Gasteiger charge is -2.18. The number of carbonyl (C=O) groups is 1. The molecule has 86 valence electrons. The summed E-state index contributed by atoms with van der Waals surface area (Å²) in [7, 11) is 0. The van der Waals surface area contributed by atoms with E-state index in [0.717, 1.165) is 16.9 Å². The van der Waals surface area contributed by atoms with Gasteiger partial charge < -0.3 is 13.9 Å². The normalized spacial score (nSPS) is 13.4. The Hall–Kier alpha value is -2.23. The van der Waals surface area contributed by atoms with Gasteiger partial charge in [-0.25, -0.2) is 0 Å².